The summed E-state index contributed by atoms with van der Waals surface area (Å²) in [5.74, 6) is -0.105. The van der Waals surface area contributed by atoms with E-state index in [9.17, 15) is 4.79 Å². The highest BCUT2D eigenvalue weighted by Gasteiger charge is 2.11. The van der Waals surface area contributed by atoms with E-state index in [0.29, 0.717) is 4.88 Å². The lowest BCUT2D eigenvalue weighted by Crippen LogP contribution is -2.10. The van der Waals surface area contributed by atoms with Crippen LogP contribution in [-0.2, 0) is 0 Å². The fraction of sp³-hybridized carbons (Fsp3) is 0.0667. The Kier molecular flexibility index (Phi) is 3.90. The zero-order valence-corrected chi connectivity index (χ0v) is 13.6. The summed E-state index contributed by atoms with van der Waals surface area (Å²) in [5.41, 5.74) is 2.71. The molecule has 0 aliphatic heterocycles. The fourth-order valence-electron chi connectivity index (χ4n) is 1.91. The van der Waals surface area contributed by atoms with Crippen molar-refractivity contribution in [2.24, 2.45) is 0 Å². The molecule has 0 saturated carbocycles. The molecule has 21 heavy (non-hydrogen) atoms. The van der Waals surface area contributed by atoms with Crippen molar-refractivity contribution in [3.63, 3.8) is 0 Å². The van der Waals surface area contributed by atoms with E-state index in [1.807, 2.05) is 49.5 Å². The Morgan fingerprint density at radius 1 is 1.33 bits per heavy atom. The molecule has 1 amide bonds. The van der Waals surface area contributed by atoms with Crippen molar-refractivity contribution in [2.45, 2.75) is 6.92 Å². The maximum absolute atomic E-state index is 12.2. The molecule has 0 spiro atoms. The van der Waals surface area contributed by atoms with Crippen LogP contribution in [0.2, 0.25) is 0 Å². The lowest BCUT2D eigenvalue weighted by atomic mass is 10.2. The Bertz CT molecular complexity index is 761. The number of nitrogens with one attached hydrogen (secondary N) is 1. The summed E-state index contributed by atoms with van der Waals surface area (Å²) in [7, 11) is 0. The average molecular weight is 362 g/mol. The summed E-state index contributed by atoms with van der Waals surface area (Å²) >= 11 is 4.87. The number of aryl methyl sites for hydroxylation is 1. The molecule has 4 nitrogen and oxygen atoms in total. The zero-order valence-electron chi connectivity index (χ0n) is 11.2. The molecule has 0 aliphatic rings. The molecule has 0 fully saturated rings. The van der Waals surface area contributed by atoms with Gasteiger partial charge in [-0.1, -0.05) is 6.07 Å². The summed E-state index contributed by atoms with van der Waals surface area (Å²) in [5, 5.41) is 7.09. The Hall–Kier alpha value is -1.92. The fourth-order valence-corrected chi connectivity index (χ4v) is 3.34. The second kappa shape index (κ2) is 5.83. The first kappa shape index (κ1) is 14.0. The number of hydrogen-bond donors (Lipinski definition) is 1. The van der Waals surface area contributed by atoms with E-state index in [4.69, 9.17) is 0 Å². The van der Waals surface area contributed by atoms with Gasteiger partial charge in [0.15, 0.2) is 0 Å². The molecule has 0 aliphatic carbocycles. The first-order chi connectivity index (χ1) is 10.1. The van der Waals surface area contributed by atoms with Crippen LogP contribution in [0.25, 0.3) is 5.69 Å². The molecule has 0 unspecified atom stereocenters. The van der Waals surface area contributed by atoms with Gasteiger partial charge >= 0.3 is 0 Å². The van der Waals surface area contributed by atoms with E-state index < -0.39 is 0 Å². The lowest BCUT2D eigenvalue weighted by molar-refractivity contribution is 0.103. The molecule has 106 valence electrons. The minimum absolute atomic E-state index is 0.105. The third-order valence-electron chi connectivity index (χ3n) is 2.95. The normalized spacial score (nSPS) is 10.6. The maximum atomic E-state index is 12.2. The minimum atomic E-state index is -0.105. The molecule has 3 aromatic rings. The van der Waals surface area contributed by atoms with Crippen molar-refractivity contribution in [3.8, 4) is 5.69 Å². The van der Waals surface area contributed by atoms with Gasteiger partial charge in [-0.05, 0) is 58.7 Å². The van der Waals surface area contributed by atoms with Gasteiger partial charge in [-0.15, -0.1) is 11.3 Å². The molecule has 6 heteroatoms. The van der Waals surface area contributed by atoms with Crippen LogP contribution < -0.4 is 5.32 Å². The average Bonchev–Trinajstić information content (AvgIpc) is 3.10. The number of hydrogen-bond acceptors (Lipinski definition) is 3. The van der Waals surface area contributed by atoms with Gasteiger partial charge in [0.25, 0.3) is 5.91 Å². The molecule has 1 N–H and O–H groups in total. The van der Waals surface area contributed by atoms with Gasteiger partial charge in [0, 0.05) is 18.1 Å². The monoisotopic (exact) mass is 361 g/mol. The summed E-state index contributed by atoms with van der Waals surface area (Å²) in [6.45, 7) is 1.97. The SMILES string of the molecule is Cc1cc(C(=O)Nc2cccc(-n3cccn3)c2)sc1Br. The van der Waals surface area contributed by atoms with Crippen molar-refractivity contribution in [1.82, 2.24) is 9.78 Å². The highest BCUT2D eigenvalue weighted by Crippen LogP contribution is 2.28. The van der Waals surface area contributed by atoms with Crippen molar-refractivity contribution in [1.29, 1.82) is 0 Å². The first-order valence-corrected chi connectivity index (χ1v) is 7.92. The maximum Gasteiger partial charge on any atom is 0.265 e. The second-order valence-corrected chi connectivity index (χ2v) is 6.89. The molecule has 0 atom stereocenters. The van der Waals surface area contributed by atoms with Gasteiger partial charge in [0.2, 0.25) is 0 Å². The molecule has 3 rings (SSSR count). The molecule has 1 aromatic carbocycles. The van der Waals surface area contributed by atoms with Crippen LogP contribution in [0.5, 0.6) is 0 Å². The molecule has 0 saturated heterocycles. The Balaban J connectivity index is 1.82. The molecule has 2 aromatic heterocycles. The number of halogens is 1. The van der Waals surface area contributed by atoms with E-state index in [-0.39, 0.29) is 5.91 Å². The number of rotatable bonds is 3. The van der Waals surface area contributed by atoms with Gasteiger partial charge in [0.05, 0.1) is 14.4 Å². The number of carbonyl (C=O) groups is 1. The molecule has 2 heterocycles. The highest BCUT2D eigenvalue weighted by atomic mass is 79.9. The third kappa shape index (κ3) is 3.06. The zero-order chi connectivity index (χ0) is 14.8. The van der Waals surface area contributed by atoms with Crippen molar-refractivity contribution in [2.75, 3.05) is 5.32 Å². The number of carbonyl (C=O) groups excluding carboxylic acids is 1. The van der Waals surface area contributed by atoms with Crippen LogP contribution in [0.4, 0.5) is 5.69 Å². The van der Waals surface area contributed by atoms with Gasteiger partial charge in [0.1, 0.15) is 0 Å². The number of anilines is 1. The predicted molar refractivity (Wildman–Crippen MR) is 88.3 cm³/mol. The summed E-state index contributed by atoms with van der Waals surface area (Å²) in [6.07, 6.45) is 3.58. The Morgan fingerprint density at radius 2 is 2.19 bits per heavy atom. The number of thiophene rings is 1. The quantitative estimate of drug-likeness (QED) is 0.757. The Morgan fingerprint density at radius 3 is 2.86 bits per heavy atom. The van der Waals surface area contributed by atoms with Crippen molar-refractivity contribution < 1.29 is 4.79 Å². The smallest absolute Gasteiger partial charge is 0.265 e. The standard InChI is InChI=1S/C15H12BrN3OS/c1-10-8-13(21-14(10)16)15(20)18-11-4-2-5-12(9-11)19-7-3-6-17-19/h2-9H,1H3,(H,18,20). The van der Waals surface area contributed by atoms with Crippen LogP contribution in [0.1, 0.15) is 15.2 Å². The third-order valence-corrected chi connectivity index (χ3v) is 5.09. The Labute approximate surface area is 134 Å². The van der Waals surface area contributed by atoms with Gasteiger partial charge in [-0.2, -0.15) is 5.10 Å². The number of benzene rings is 1. The molecular formula is C15H12BrN3OS. The minimum Gasteiger partial charge on any atom is -0.321 e. The topological polar surface area (TPSA) is 46.9 Å². The molecule has 0 radical (unpaired) electrons. The van der Waals surface area contributed by atoms with Crippen LogP contribution in [-0.4, -0.2) is 15.7 Å². The summed E-state index contributed by atoms with van der Waals surface area (Å²) < 4.78 is 2.74. The number of amides is 1. The largest absolute Gasteiger partial charge is 0.321 e. The van der Waals surface area contributed by atoms with Crippen molar-refractivity contribution >= 4 is 38.9 Å². The molecule has 0 bridgehead atoms. The molecular weight excluding hydrogens is 350 g/mol. The first-order valence-electron chi connectivity index (χ1n) is 6.31. The van der Waals surface area contributed by atoms with Crippen LogP contribution in [0, 0.1) is 6.92 Å². The van der Waals surface area contributed by atoms with Gasteiger partial charge < -0.3 is 5.32 Å². The lowest BCUT2D eigenvalue weighted by Gasteiger charge is -2.06. The van der Waals surface area contributed by atoms with E-state index in [2.05, 4.69) is 26.3 Å². The number of aromatic nitrogens is 2. The van der Waals surface area contributed by atoms with Crippen LogP contribution in [0.15, 0.2) is 52.6 Å². The van der Waals surface area contributed by atoms with Gasteiger partial charge in [-0.3, -0.25) is 4.79 Å². The summed E-state index contributed by atoms with van der Waals surface area (Å²) in [6, 6.07) is 11.3. The van der Waals surface area contributed by atoms with Crippen LogP contribution in [0.3, 0.4) is 0 Å². The van der Waals surface area contributed by atoms with Gasteiger partial charge in [-0.25, -0.2) is 4.68 Å². The highest BCUT2D eigenvalue weighted by molar-refractivity contribution is 9.11. The van der Waals surface area contributed by atoms with Crippen molar-refractivity contribution in [3.05, 3.63) is 63.0 Å². The van der Waals surface area contributed by atoms with Crippen LogP contribution >= 0.6 is 27.3 Å². The predicted octanol–water partition coefficient (Wildman–Crippen LogP) is 4.26. The number of nitrogens with zero attached hydrogens (tertiary/aromatic N) is 2. The van der Waals surface area contributed by atoms with E-state index >= 15 is 0 Å². The van der Waals surface area contributed by atoms with E-state index in [0.717, 1.165) is 20.7 Å². The second-order valence-electron chi connectivity index (χ2n) is 4.52. The summed E-state index contributed by atoms with van der Waals surface area (Å²) in [4.78, 5) is 12.9. The van der Waals surface area contributed by atoms with E-state index in [1.54, 1.807) is 10.9 Å². The van der Waals surface area contributed by atoms with E-state index in [1.165, 1.54) is 11.3 Å².